The van der Waals surface area contributed by atoms with Crippen molar-refractivity contribution in [1.82, 2.24) is 10.2 Å². The molecule has 0 atom stereocenters. The molecule has 0 saturated carbocycles. The second-order valence-corrected chi connectivity index (χ2v) is 3.21. The molecule has 1 N–H and O–H groups in total. The molecule has 1 aliphatic rings. The van der Waals surface area contributed by atoms with Gasteiger partial charge in [-0.15, -0.1) is 6.42 Å². The van der Waals surface area contributed by atoms with Crippen LogP contribution in [0.2, 0.25) is 0 Å². The highest BCUT2D eigenvalue weighted by Crippen LogP contribution is 2.11. The van der Waals surface area contributed by atoms with E-state index in [2.05, 4.69) is 11.2 Å². The van der Waals surface area contributed by atoms with Gasteiger partial charge in [-0.2, -0.15) is 0 Å². The summed E-state index contributed by atoms with van der Waals surface area (Å²) < 4.78 is 0. The first-order chi connectivity index (χ1) is 7.15. The number of terminal acetylenes is 1. The third kappa shape index (κ3) is 3.09. The molecule has 1 fully saturated rings. The molecule has 3 amide bonds. The van der Waals surface area contributed by atoms with Gasteiger partial charge in [0.05, 0.1) is 6.54 Å². The van der Waals surface area contributed by atoms with Gasteiger partial charge in [-0.3, -0.25) is 19.3 Å². The van der Waals surface area contributed by atoms with Gasteiger partial charge in [-0.25, -0.2) is 0 Å². The summed E-state index contributed by atoms with van der Waals surface area (Å²) in [5.74, 6) is 1.25. The molecule has 5 heteroatoms. The average molecular weight is 208 g/mol. The number of likely N-dealkylation sites (tertiary alicyclic amines) is 1. The molecule has 0 spiro atoms. The Morgan fingerprint density at radius 3 is 2.53 bits per heavy atom. The number of carbonyl (C=O) groups is 3. The van der Waals surface area contributed by atoms with E-state index in [4.69, 9.17) is 6.42 Å². The summed E-state index contributed by atoms with van der Waals surface area (Å²) in [5.41, 5.74) is 0. The molecule has 1 aliphatic heterocycles. The number of rotatable bonds is 3. The van der Waals surface area contributed by atoms with Crippen LogP contribution >= 0.6 is 0 Å². The highest BCUT2D eigenvalue weighted by atomic mass is 16.2. The first-order valence-electron chi connectivity index (χ1n) is 4.68. The van der Waals surface area contributed by atoms with E-state index >= 15 is 0 Å². The summed E-state index contributed by atoms with van der Waals surface area (Å²) in [6.45, 7) is -0.117. The fourth-order valence-corrected chi connectivity index (χ4v) is 1.33. The second kappa shape index (κ2) is 5.15. The summed E-state index contributed by atoms with van der Waals surface area (Å²) in [6.07, 6.45) is 6.18. The third-order valence-corrected chi connectivity index (χ3v) is 2.07. The van der Waals surface area contributed by atoms with Crippen LogP contribution in [0.5, 0.6) is 0 Å². The van der Waals surface area contributed by atoms with Gasteiger partial charge in [0, 0.05) is 12.8 Å². The molecule has 5 nitrogen and oxygen atoms in total. The second-order valence-electron chi connectivity index (χ2n) is 3.21. The van der Waals surface area contributed by atoms with E-state index in [0.717, 1.165) is 4.90 Å². The standard InChI is InChI=1S/C10H12N2O3/c1-2-6-11-8(13)7-12-9(14)4-3-5-10(12)15/h1H,3-7H2,(H,11,13). The van der Waals surface area contributed by atoms with Crippen LogP contribution in [0.4, 0.5) is 0 Å². The highest BCUT2D eigenvalue weighted by molar-refractivity contribution is 6.00. The lowest BCUT2D eigenvalue weighted by Gasteiger charge is -2.23. The predicted octanol–water partition coefficient (Wildman–Crippen LogP) is -0.725. The van der Waals surface area contributed by atoms with E-state index in [1.54, 1.807) is 0 Å². The number of nitrogens with one attached hydrogen (secondary N) is 1. The lowest BCUT2D eigenvalue weighted by molar-refractivity contribution is -0.150. The van der Waals surface area contributed by atoms with Crippen LogP contribution in [0.3, 0.4) is 0 Å². The fraction of sp³-hybridized carbons (Fsp3) is 0.500. The maximum absolute atomic E-state index is 11.3. The van der Waals surface area contributed by atoms with Gasteiger partial charge in [0.15, 0.2) is 0 Å². The first-order valence-corrected chi connectivity index (χ1v) is 4.68. The van der Waals surface area contributed by atoms with E-state index in [9.17, 15) is 14.4 Å². The Labute approximate surface area is 87.8 Å². The molecule has 1 heterocycles. The molecular weight excluding hydrogens is 196 g/mol. The van der Waals surface area contributed by atoms with Gasteiger partial charge in [-0.1, -0.05) is 5.92 Å². The summed E-state index contributed by atoms with van der Waals surface area (Å²) >= 11 is 0. The van der Waals surface area contributed by atoms with Crippen LogP contribution in [0.1, 0.15) is 19.3 Å². The van der Waals surface area contributed by atoms with Crippen molar-refractivity contribution < 1.29 is 14.4 Å². The van der Waals surface area contributed by atoms with Crippen molar-refractivity contribution in [2.75, 3.05) is 13.1 Å². The molecular formula is C10H12N2O3. The zero-order valence-corrected chi connectivity index (χ0v) is 8.28. The molecule has 0 aromatic carbocycles. The number of amides is 3. The van der Waals surface area contributed by atoms with Crippen molar-refractivity contribution in [2.24, 2.45) is 0 Å². The smallest absolute Gasteiger partial charge is 0.240 e. The maximum Gasteiger partial charge on any atom is 0.240 e. The summed E-state index contributed by atoms with van der Waals surface area (Å²) in [5, 5.41) is 2.40. The lowest BCUT2D eigenvalue weighted by Crippen LogP contribution is -2.46. The Hall–Kier alpha value is -1.83. The van der Waals surface area contributed by atoms with Gasteiger partial charge in [0.25, 0.3) is 0 Å². The number of nitrogens with zero attached hydrogens (tertiary/aromatic N) is 1. The summed E-state index contributed by atoms with van der Waals surface area (Å²) in [7, 11) is 0. The van der Waals surface area contributed by atoms with Crippen LogP contribution in [-0.4, -0.2) is 35.7 Å². The van der Waals surface area contributed by atoms with Crippen molar-refractivity contribution in [3.05, 3.63) is 0 Å². The number of hydrogen-bond donors (Lipinski definition) is 1. The number of hydrogen-bond acceptors (Lipinski definition) is 3. The Balaban J connectivity index is 2.48. The average Bonchev–Trinajstić information content (AvgIpc) is 2.21. The van der Waals surface area contributed by atoms with Crippen LogP contribution in [-0.2, 0) is 14.4 Å². The minimum absolute atomic E-state index is 0.106. The van der Waals surface area contributed by atoms with Crippen LogP contribution < -0.4 is 5.32 Å². The monoisotopic (exact) mass is 208 g/mol. The van der Waals surface area contributed by atoms with E-state index in [1.807, 2.05) is 0 Å². The van der Waals surface area contributed by atoms with Crippen LogP contribution in [0.25, 0.3) is 0 Å². The third-order valence-electron chi connectivity index (χ3n) is 2.07. The van der Waals surface area contributed by atoms with Crippen molar-refractivity contribution in [3.8, 4) is 12.3 Å². The van der Waals surface area contributed by atoms with Crippen LogP contribution in [0, 0.1) is 12.3 Å². The Morgan fingerprint density at radius 2 is 2.00 bits per heavy atom. The van der Waals surface area contributed by atoms with E-state index < -0.39 is 5.91 Å². The molecule has 1 rings (SSSR count). The maximum atomic E-state index is 11.3. The number of imide groups is 1. The fourth-order valence-electron chi connectivity index (χ4n) is 1.33. The molecule has 15 heavy (non-hydrogen) atoms. The summed E-state index contributed by atoms with van der Waals surface area (Å²) in [6, 6.07) is 0. The van der Waals surface area contributed by atoms with Gasteiger partial charge < -0.3 is 5.32 Å². The van der Waals surface area contributed by atoms with Crippen LogP contribution in [0.15, 0.2) is 0 Å². The molecule has 0 unspecified atom stereocenters. The Kier molecular flexibility index (Phi) is 3.86. The van der Waals surface area contributed by atoms with E-state index in [1.165, 1.54) is 0 Å². The molecule has 1 saturated heterocycles. The molecule has 80 valence electrons. The number of piperidine rings is 1. The molecule has 0 aromatic rings. The molecule has 0 bridgehead atoms. The zero-order chi connectivity index (χ0) is 11.3. The van der Waals surface area contributed by atoms with Crippen molar-refractivity contribution in [3.63, 3.8) is 0 Å². The SMILES string of the molecule is C#CCNC(=O)CN1C(=O)CCCC1=O. The number of carbonyl (C=O) groups excluding carboxylic acids is 3. The van der Waals surface area contributed by atoms with E-state index in [0.29, 0.717) is 19.3 Å². The lowest BCUT2D eigenvalue weighted by atomic mass is 10.1. The molecule has 0 aliphatic carbocycles. The Bertz CT molecular complexity index is 314. The first kappa shape index (κ1) is 11.2. The quantitative estimate of drug-likeness (QED) is 0.491. The molecule has 0 radical (unpaired) electrons. The molecule has 0 aromatic heterocycles. The van der Waals surface area contributed by atoms with Gasteiger partial charge in [0.2, 0.25) is 17.7 Å². The topological polar surface area (TPSA) is 66.5 Å². The van der Waals surface area contributed by atoms with Gasteiger partial charge in [0.1, 0.15) is 6.54 Å². The Morgan fingerprint density at radius 1 is 1.40 bits per heavy atom. The largest absolute Gasteiger partial charge is 0.344 e. The zero-order valence-electron chi connectivity index (χ0n) is 8.28. The summed E-state index contributed by atoms with van der Waals surface area (Å²) in [4.78, 5) is 34.8. The minimum Gasteiger partial charge on any atom is -0.344 e. The van der Waals surface area contributed by atoms with Gasteiger partial charge in [-0.05, 0) is 6.42 Å². The van der Waals surface area contributed by atoms with Crippen molar-refractivity contribution >= 4 is 17.7 Å². The van der Waals surface area contributed by atoms with Crippen molar-refractivity contribution in [1.29, 1.82) is 0 Å². The van der Waals surface area contributed by atoms with Crippen molar-refractivity contribution in [2.45, 2.75) is 19.3 Å². The van der Waals surface area contributed by atoms with E-state index in [-0.39, 0.29) is 24.9 Å². The predicted molar refractivity (Wildman–Crippen MR) is 52.4 cm³/mol. The highest BCUT2D eigenvalue weighted by Gasteiger charge is 2.27. The minimum atomic E-state index is -0.406. The normalized spacial score (nSPS) is 16.1. The van der Waals surface area contributed by atoms with Gasteiger partial charge >= 0.3 is 0 Å².